The quantitative estimate of drug-likeness (QED) is 0.218. The minimum absolute atomic E-state index is 0.469. The molecule has 6 aromatic carbocycles. The fourth-order valence-corrected chi connectivity index (χ4v) is 7.17. The molecule has 3 heteroatoms. The zero-order valence-corrected chi connectivity index (χ0v) is 23.3. The minimum atomic E-state index is -0.469. The number of hydrogen-bond donors (Lipinski definition) is 0. The van der Waals surface area contributed by atoms with Crippen molar-refractivity contribution in [2.45, 2.75) is 5.41 Å². The number of fused-ring (bicyclic) bond motifs is 6. The van der Waals surface area contributed by atoms with Crippen molar-refractivity contribution < 1.29 is 4.42 Å². The van der Waals surface area contributed by atoms with E-state index in [-0.39, 0.29) is 0 Å². The molecule has 1 aliphatic carbocycles. The van der Waals surface area contributed by atoms with Crippen LogP contribution in [0, 0.1) is 0 Å². The normalized spacial score (nSPS) is 13.3. The Balaban J connectivity index is 1.38. The van der Waals surface area contributed by atoms with E-state index in [1.54, 1.807) is 0 Å². The Morgan fingerprint density at radius 3 is 1.86 bits per heavy atom. The number of aromatic nitrogens is 2. The van der Waals surface area contributed by atoms with Crippen molar-refractivity contribution in [3.05, 3.63) is 180 Å². The lowest BCUT2D eigenvalue weighted by Crippen LogP contribution is -2.28. The summed E-state index contributed by atoms with van der Waals surface area (Å²) in [6.07, 6.45) is 0. The van der Waals surface area contributed by atoms with Crippen LogP contribution in [0.5, 0.6) is 0 Å². The maximum atomic E-state index is 6.29. The fraction of sp³-hybridized carbons (Fsp3) is 0.0250. The highest BCUT2D eigenvalue weighted by atomic mass is 16.4. The third kappa shape index (κ3) is 3.33. The topological polar surface area (TPSA) is 30.4 Å². The van der Waals surface area contributed by atoms with Gasteiger partial charge in [-0.15, -0.1) is 0 Å². The van der Waals surface area contributed by atoms with E-state index in [1.807, 2.05) is 18.2 Å². The molecular weight excluding hydrogens is 524 g/mol. The molecule has 43 heavy (non-hydrogen) atoms. The predicted molar refractivity (Wildman–Crippen MR) is 173 cm³/mol. The molecular formula is C40H26N2O. The van der Waals surface area contributed by atoms with Gasteiger partial charge in [0.15, 0.2) is 5.58 Å². The number of hydrogen-bond acceptors (Lipinski definition) is 2. The maximum Gasteiger partial charge on any atom is 0.307 e. The molecule has 0 saturated heterocycles. The average Bonchev–Trinajstić information content (AvgIpc) is 3.72. The Hall–Kier alpha value is -5.67. The van der Waals surface area contributed by atoms with Crippen molar-refractivity contribution in [2.24, 2.45) is 0 Å². The molecule has 0 aliphatic heterocycles. The lowest BCUT2D eigenvalue weighted by molar-refractivity contribution is 0.642. The van der Waals surface area contributed by atoms with Crippen LogP contribution in [0.3, 0.4) is 0 Å². The summed E-state index contributed by atoms with van der Waals surface area (Å²) < 4.78 is 8.45. The minimum Gasteiger partial charge on any atom is -0.423 e. The van der Waals surface area contributed by atoms with E-state index in [0.717, 1.165) is 33.6 Å². The molecule has 0 amide bonds. The average molecular weight is 551 g/mol. The van der Waals surface area contributed by atoms with Crippen LogP contribution in [0.1, 0.15) is 22.3 Å². The van der Waals surface area contributed by atoms with Gasteiger partial charge in [0.2, 0.25) is 0 Å². The Morgan fingerprint density at radius 2 is 1.12 bits per heavy atom. The summed E-state index contributed by atoms with van der Waals surface area (Å²) in [5.74, 6) is 0.594. The summed E-state index contributed by atoms with van der Waals surface area (Å²) in [6, 6.07) is 56.2. The summed E-state index contributed by atoms with van der Waals surface area (Å²) >= 11 is 0. The van der Waals surface area contributed by atoms with Crippen LogP contribution in [0.15, 0.2) is 162 Å². The van der Waals surface area contributed by atoms with Gasteiger partial charge in [0, 0.05) is 11.1 Å². The second-order valence-corrected chi connectivity index (χ2v) is 11.2. The zero-order chi connectivity index (χ0) is 28.4. The molecule has 3 nitrogen and oxygen atoms in total. The highest BCUT2D eigenvalue weighted by Gasteiger charge is 2.46. The van der Waals surface area contributed by atoms with Crippen LogP contribution < -0.4 is 0 Å². The van der Waals surface area contributed by atoms with Gasteiger partial charge in [-0.3, -0.25) is 4.40 Å². The van der Waals surface area contributed by atoms with Crippen molar-refractivity contribution in [1.29, 1.82) is 0 Å². The third-order valence-electron chi connectivity index (χ3n) is 8.93. The largest absolute Gasteiger partial charge is 0.423 e. The van der Waals surface area contributed by atoms with Gasteiger partial charge in [0.25, 0.3) is 0 Å². The summed E-state index contributed by atoms with van der Waals surface area (Å²) in [6.45, 7) is 0. The van der Waals surface area contributed by atoms with Crippen molar-refractivity contribution >= 4 is 16.9 Å². The number of para-hydroxylation sites is 2. The molecule has 2 aromatic heterocycles. The van der Waals surface area contributed by atoms with Crippen LogP contribution in [-0.4, -0.2) is 9.38 Å². The molecule has 0 radical (unpaired) electrons. The molecule has 2 heterocycles. The van der Waals surface area contributed by atoms with E-state index in [0.29, 0.717) is 5.84 Å². The molecule has 0 fully saturated rings. The van der Waals surface area contributed by atoms with Crippen LogP contribution in [0.4, 0.5) is 0 Å². The van der Waals surface area contributed by atoms with Crippen molar-refractivity contribution in [1.82, 2.24) is 9.38 Å². The van der Waals surface area contributed by atoms with E-state index in [9.17, 15) is 0 Å². The van der Waals surface area contributed by atoms with E-state index in [4.69, 9.17) is 9.40 Å². The smallest absolute Gasteiger partial charge is 0.307 e. The van der Waals surface area contributed by atoms with Crippen LogP contribution in [0.25, 0.3) is 50.6 Å². The number of rotatable bonds is 4. The maximum absolute atomic E-state index is 6.29. The Labute approximate surface area is 249 Å². The first-order valence-corrected chi connectivity index (χ1v) is 14.7. The van der Waals surface area contributed by atoms with Gasteiger partial charge in [-0.05, 0) is 51.6 Å². The monoisotopic (exact) mass is 550 g/mol. The molecule has 0 atom stereocenters. The van der Waals surface area contributed by atoms with Crippen LogP contribution in [0.2, 0.25) is 0 Å². The lowest BCUT2D eigenvalue weighted by Gasteiger charge is -2.34. The molecule has 0 unspecified atom stereocenters. The summed E-state index contributed by atoms with van der Waals surface area (Å²) in [7, 11) is 0. The fourth-order valence-electron chi connectivity index (χ4n) is 7.17. The summed E-state index contributed by atoms with van der Waals surface area (Å²) in [5.41, 5.74) is 13.0. The third-order valence-corrected chi connectivity index (χ3v) is 8.93. The first-order chi connectivity index (χ1) is 21.3. The molecule has 0 spiro atoms. The molecule has 0 N–H and O–H groups in total. The molecule has 8 aromatic rings. The highest BCUT2D eigenvalue weighted by molar-refractivity contribution is 5.92. The van der Waals surface area contributed by atoms with Gasteiger partial charge in [0.1, 0.15) is 5.69 Å². The van der Waals surface area contributed by atoms with E-state index in [1.165, 1.54) is 33.4 Å². The summed E-state index contributed by atoms with van der Waals surface area (Å²) in [4.78, 5) is 5.16. The van der Waals surface area contributed by atoms with E-state index < -0.39 is 5.41 Å². The Kier molecular flexibility index (Phi) is 5.11. The van der Waals surface area contributed by atoms with E-state index in [2.05, 4.69) is 144 Å². The first kappa shape index (κ1) is 24.0. The predicted octanol–water partition coefficient (Wildman–Crippen LogP) is 9.78. The number of nitrogens with zero attached hydrogens (tertiary/aromatic N) is 2. The van der Waals surface area contributed by atoms with Gasteiger partial charge < -0.3 is 4.42 Å². The SMILES string of the molecule is c1ccc(-c2c(-c3ccc4c(c3)C(c3ccccc3)(c3ccccc3)c3ccccc3-4)nc3oc4ccccc4n23)cc1. The second-order valence-electron chi connectivity index (χ2n) is 11.2. The zero-order valence-electron chi connectivity index (χ0n) is 23.3. The molecule has 1 aliphatic rings. The standard InChI is InChI=1S/C40H26N2O/c1-4-14-27(15-5-1)38-37(41-39-42(38)35-22-12-13-23-36(35)43-39)28-24-25-32-31-20-10-11-21-33(31)40(34(32)26-28,29-16-6-2-7-17-29)30-18-8-3-9-19-30/h1-26H. The van der Waals surface area contributed by atoms with Gasteiger partial charge >= 0.3 is 5.84 Å². The molecule has 9 rings (SSSR count). The number of imidazole rings is 1. The van der Waals surface area contributed by atoms with Crippen LogP contribution in [-0.2, 0) is 5.41 Å². The van der Waals surface area contributed by atoms with Crippen molar-refractivity contribution in [3.8, 4) is 33.6 Å². The molecule has 202 valence electrons. The first-order valence-electron chi connectivity index (χ1n) is 14.7. The summed E-state index contributed by atoms with van der Waals surface area (Å²) in [5, 5.41) is 0. The van der Waals surface area contributed by atoms with Gasteiger partial charge in [-0.2, -0.15) is 4.98 Å². The molecule has 0 saturated carbocycles. The van der Waals surface area contributed by atoms with Gasteiger partial charge in [-0.1, -0.05) is 140 Å². The van der Waals surface area contributed by atoms with E-state index >= 15 is 0 Å². The second kappa shape index (κ2) is 9.17. The van der Waals surface area contributed by atoms with Crippen LogP contribution >= 0.6 is 0 Å². The number of oxazole rings is 1. The van der Waals surface area contributed by atoms with Gasteiger partial charge in [-0.25, -0.2) is 0 Å². The van der Waals surface area contributed by atoms with Crippen molar-refractivity contribution in [3.63, 3.8) is 0 Å². The number of benzene rings is 6. The highest BCUT2D eigenvalue weighted by Crippen LogP contribution is 2.56. The Bertz CT molecular complexity index is 2240. The van der Waals surface area contributed by atoms with Gasteiger partial charge in [0.05, 0.1) is 16.6 Å². The molecule has 0 bridgehead atoms. The lowest BCUT2D eigenvalue weighted by atomic mass is 9.67. The Morgan fingerprint density at radius 1 is 0.512 bits per heavy atom. The van der Waals surface area contributed by atoms with Crippen molar-refractivity contribution in [2.75, 3.05) is 0 Å².